The fourth-order valence-corrected chi connectivity index (χ4v) is 4.93. The molecule has 35 heavy (non-hydrogen) atoms. The van der Waals surface area contributed by atoms with Gasteiger partial charge in [-0.25, -0.2) is 4.79 Å². The Hall–Kier alpha value is -3.48. The van der Waals surface area contributed by atoms with Gasteiger partial charge in [-0.1, -0.05) is 19.4 Å². The number of carbonyl (C=O) groups excluding carboxylic acids is 2. The Kier molecular flexibility index (Phi) is 7.34. The van der Waals surface area contributed by atoms with Crippen LogP contribution in [0, 0.1) is 6.92 Å². The molecule has 0 fully saturated rings. The molecule has 1 aliphatic heterocycles. The van der Waals surface area contributed by atoms with Crippen LogP contribution in [0.25, 0.3) is 0 Å². The quantitative estimate of drug-likeness (QED) is 0.405. The minimum Gasteiger partial charge on any atom is -0.493 e. The smallest absolute Gasteiger partial charge is 0.336 e. The van der Waals surface area contributed by atoms with E-state index in [1.807, 2.05) is 51.1 Å². The Morgan fingerprint density at radius 2 is 1.86 bits per heavy atom. The number of dihydropyridines is 1. The fourth-order valence-electron chi connectivity index (χ4n) is 4.93. The lowest BCUT2D eigenvalue weighted by Crippen LogP contribution is -2.36. The van der Waals surface area contributed by atoms with Crippen LogP contribution in [-0.4, -0.2) is 32.6 Å². The highest BCUT2D eigenvalue weighted by Crippen LogP contribution is 2.46. The molecule has 1 aromatic carbocycles. The molecule has 0 spiro atoms. The van der Waals surface area contributed by atoms with Gasteiger partial charge in [0.05, 0.1) is 32.3 Å². The van der Waals surface area contributed by atoms with Crippen molar-refractivity contribution in [2.45, 2.75) is 58.3 Å². The van der Waals surface area contributed by atoms with E-state index in [-0.39, 0.29) is 11.7 Å². The Morgan fingerprint density at radius 1 is 1.09 bits per heavy atom. The predicted molar refractivity (Wildman–Crippen MR) is 131 cm³/mol. The average molecular weight is 480 g/mol. The minimum atomic E-state index is -0.590. The molecule has 2 aromatic rings. The molecule has 0 saturated carbocycles. The number of nitrogens with one attached hydrogen (secondary N) is 1. The van der Waals surface area contributed by atoms with Crippen molar-refractivity contribution in [3.63, 3.8) is 0 Å². The van der Waals surface area contributed by atoms with Crippen molar-refractivity contribution >= 4 is 11.8 Å². The Morgan fingerprint density at radius 3 is 2.51 bits per heavy atom. The van der Waals surface area contributed by atoms with Crippen LogP contribution < -0.4 is 14.8 Å². The number of unbranched alkanes of at least 4 members (excludes halogenated alkanes) is 1. The standard InChI is InChI=1S/C28H33NO6/c1-6-7-12-34-28(31)25-17(3)29-20-13-19(18-9-11-22(32-4)24(15-18)33-5)14-21(30)26(20)27(25)23-10-8-16(2)35-23/h8-11,15,19,27,29H,6-7,12-14H2,1-5H3/t19-,27-/m1/s1. The molecule has 0 bridgehead atoms. The van der Waals surface area contributed by atoms with Crippen LogP contribution in [-0.2, 0) is 14.3 Å². The summed E-state index contributed by atoms with van der Waals surface area (Å²) < 4.78 is 22.3. The molecule has 186 valence electrons. The van der Waals surface area contributed by atoms with Gasteiger partial charge in [0.25, 0.3) is 0 Å². The van der Waals surface area contributed by atoms with Gasteiger partial charge in [-0.05, 0) is 62.4 Å². The van der Waals surface area contributed by atoms with Crippen LogP contribution in [0.2, 0.25) is 0 Å². The van der Waals surface area contributed by atoms with Crippen LogP contribution in [0.3, 0.4) is 0 Å². The van der Waals surface area contributed by atoms with Crippen molar-refractivity contribution < 1.29 is 28.2 Å². The summed E-state index contributed by atoms with van der Waals surface area (Å²) in [4.78, 5) is 26.8. The number of hydrogen-bond acceptors (Lipinski definition) is 7. The normalized spacial score (nSPS) is 19.9. The number of esters is 1. The van der Waals surface area contributed by atoms with E-state index in [1.165, 1.54) is 0 Å². The Balaban J connectivity index is 1.71. The highest BCUT2D eigenvalue weighted by Gasteiger charge is 2.42. The van der Waals surface area contributed by atoms with Gasteiger partial charge in [-0.3, -0.25) is 4.79 Å². The van der Waals surface area contributed by atoms with Gasteiger partial charge in [0.1, 0.15) is 11.5 Å². The second kappa shape index (κ2) is 10.4. The molecule has 0 unspecified atom stereocenters. The molecule has 7 heteroatoms. The van der Waals surface area contributed by atoms with Gasteiger partial charge in [-0.15, -0.1) is 0 Å². The lowest BCUT2D eigenvalue weighted by molar-refractivity contribution is -0.139. The summed E-state index contributed by atoms with van der Waals surface area (Å²) in [7, 11) is 3.20. The van der Waals surface area contributed by atoms with E-state index in [1.54, 1.807) is 14.2 Å². The fraction of sp³-hybridized carbons (Fsp3) is 0.429. The van der Waals surface area contributed by atoms with Crippen LogP contribution in [0.15, 0.2) is 57.3 Å². The first-order chi connectivity index (χ1) is 16.9. The first-order valence-corrected chi connectivity index (χ1v) is 12.1. The first kappa shape index (κ1) is 24.6. The number of benzene rings is 1. The van der Waals surface area contributed by atoms with Crippen LogP contribution in [0.1, 0.15) is 68.5 Å². The number of ether oxygens (including phenoxy) is 3. The number of rotatable bonds is 8. The molecule has 2 atom stereocenters. The number of carbonyl (C=O) groups is 2. The largest absolute Gasteiger partial charge is 0.493 e. The van der Waals surface area contributed by atoms with E-state index >= 15 is 0 Å². The summed E-state index contributed by atoms with van der Waals surface area (Å²) in [5.74, 6) is 1.54. The minimum absolute atomic E-state index is 0.0102. The number of aryl methyl sites for hydroxylation is 1. The maximum Gasteiger partial charge on any atom is 0.336 e. The zero-order valence-corrected chi connectivity index (χ0v) is 21.0. The van der Waals surface area contributed by atoms with E-state index in [0.717, 1.165) is 29.9 Å². The molecule has 2 heterocycles. The van der Waals surface area contributed by atoms with Crippen molar-refractivity contribution in [1.29, 1.82) is 0 Å². The van der Waals surface area contributed by atoms with Crippen molar-refractivity contribution in [3.8, 4) is 11.5 Å². The van der Waals surface area contributed by atoms with E-state index in [0.29, 0.717) is 53.6 Å². The molecule has 1 aliphatic carbocycles. The molecule has 0 amide bonds. The molecule has 1 aromatic heterocycles. The van der Waals surface area contributed by atoms with Crippen LogP contribution in [0.5, 0.6) is 11.5 Å². The third-order valence-electron chi connectivity index (χ3n) is 6.70. The van der Waals surface area contributed by atoms with E-state index in [9.17, 15) is 9.59 Å². The third-order valence-corrected chi connectivity index (χ3v) is 6.70. The lowest BCUT2D eigenvalue weighted by Gasteiger charge is -2.35. The molecule has 0 radical (unpaired) electrons. The molecular formula is C28H33NO6. The summed E-state index contributed by atoms with van der Waals surface area (Å²) in [5.41, 5.74) is 3.53. The number of methoxy groups -OCH3 is 2. The van der Waals surface area contributed by atoms with E-state index < -0.39 is 11.9 Å². The number of hydrogen-bond donors (Lipinski definition) is 1. The van der Waals surface area contributed by atoms with E-state index in [2.05, 4.69) is 5.32 Å². The zero-order valence-electron chi connectivity index (χ0n) is 21.0. The molecule has 2 aliphatic rings. The lowest BCUT2D eigenvalue weighted by atomic mass is 9.73. The molecule has 7 nitrogen and oxygen atoms in total. The summed E-state index contributed by atoms with van der Waals surface area (Å²) in [6.45, 7) is 6.09. The number of furan rings is 1. The van der Waals surface area contributed by atoms with Gasteiger partial charge in [0, 0.05) is 23.4 Å². The zero-order chi connectivity index (χ0) is 25.1. The topological polar surface area (TPSA) is 87.0 Å². The summed E-state index contributed by atoms with van der Waals surface area (Å²) in [6.07, 6.45) is 2.66. The Bertz CT molecular complexity index is 1190. The summed E-state index contributed by atoms with van der Waals surface area (Å²) in [6, 6.07) is 9.46. The highest BCUT2D eigenvalue weighted by atomic mass is 16.5. The highest BCUT2D eigenvalue weighted by molar-refractivity contribution is 6.04. The molecular weight excluding hydrogens is 446 g/mol. The summed E-state index contributed by atoms with van der Waals surface area (Å²) in [5, 5.41) is 3.37. The SMILES string of the molecule is CCCCOC(=O)C1=C(C)NC2=C(C(=O)C[C@H](c3ccc(OC)c(OC)c3)C2)[C@@H]1c1ccc(C)o1. The van der Waals surface area contributed by atoms with Crippen molar-refractivity contribution in [3.05, 3.63) is 70.0 Å². The van der Waals surface area contributed by atoms with Crippen molar-refractivity contribution in [2.24, 2.45) is 0 Å². The maximum atomic E-state index is 13.6. The van der Waals surface area contributed by atoms with E-state index in [4.69, 9.17) is 18.6 Å². The Labute approximate surface area is 206 Å². The molecule has 1 N–H and O–H groups in total. The third kappa shape index (κ3) is 4.85. The van der Waals surface area contributed by atoms with Gasteiger partial charge >= 0.3 is 5.97 Å². The second-order valence-corrected chi connectivity index (χ2v) is 9.07. The monoisotopic (exact) mass is 479 g/mol. The van der Waals surface area contributed by atoms with Gasteiger partial charge < -0.3 is 23.9 Å². The van der Waals surface area contributed by atoms with Crippen LogP contribution in [0.4, 0.5) is 0 Å². The van der Waals surface area contributed by atoms with Crippen molar-refractivity contribution in [2.75, 3.05) is 20.8 Å². The maximum absolute atomic E-state index is 13.6. The number of Topliss-reactive ketones (excluding diaryl/α,β-unsaturated/α-hetero) is 1. The summed E-state index contributed by atoms with van der Waals surface area (Å²) >= 11 is 0. The average Bonchev–Trinajstić information content (AvgIpc) is 3.28. The number of ketones is 1. The van der Waals surface area contributed by atoms with Crippen molar-refractivity contribution in [1.82, 2.24) is 5.32 Å². The second-order valence-electron chi connectivity index (χ2n) is 9.07. The van der Waals surface area contributed by atoms with Crippen LogP contribution >= 0.6 is 0 Å². The van der Waals surface area contributed by atoms with Gasteiger partial charge in [-0.2, -0.15) is 0 Å². The first-order valence-electron chi connectivity index (χ1n) is 12.1. The van der Waals surface area contributed by atoms with Gasteiger partial charge in [0.2, 0.25) is 0 Å². The number of allylic oxidation sites excluding steroid dienone is 3. The predicted octanol–water partition coefficient (Wildman–Crippen LogP) is 5.31. The molecule has 0 saturated heterocycles. The van der Waals surface area contributed by atoms with Gasteiger partial charge in [0.15, 0.2) is 17.3 Å². The molecule has 4 rings (SSSR count).